The number of carbonyl (C=O) groups is 3. The van der Waals surface area contributed by atoms with Crippen molar-refractivity contribution in [1.82, 2.24) is 20.1 Å². The number of aromatic nitrogens is 1. The largest absolute Gasteiger partial charge is 0.480 e. The maximum Gasteiger partial charge on any atom is 0.326 e. The van der Waals surface area contributed by atoms with Crippen LogP contribution in [0.3, 0.4) is 0 Å². The number of pyridine rings is 1. The van der Waals surface area contributed by atoms with Gasteiger partial charge < -0.3 is 15.7 Å². The van der Waals surface area contributed by atoms with Crippen LogP contribution in [-0.2, 0) is 9.59 Å². The molecule has 0 spiro atoms. The van der Waals surface area contributed by atoms with Gasteiger partial charge in [-0.2, -0.15) is 0 Å². The van der Waals surface area contributed by atoms with Crippen molar-refractivity contribution in [3.8, 4) is 0 Å². The van der Waals surface area contributed by atoms with E-state index in [4.69, 9.17) is 0 Å². The summed E-state index contributed by atoms with van der Waals surface area (Å²) in [7, 11) is 0. The molecular weight excluding hydrogens is 528 g/mol. The van der Waals surface area contributed by atoms with Crippen LogP contribution in [0.5, 0.6) is 0 Å². The summed E-state index contributed by atoms with van der Waals surface area (Å²) < 4.78 is 1.36. The lowest BCUT2D eigenvalue weighted by Crippen LogP contribution is -2.44. The van der Waals surface area contributed by atoms with E-state index in [0.717, 1.165) is 5.56 Å². The quantitative estimate of drug-likeness (QED) is 0.388. The number of carbonyl (C=O) groups excluding carboxylic acids is 2. The Hall–Kier alpha value is -3.92. The summed E-state index contributed by atoms with van der Waals surface area (Å²) in [5.74, 6) is -1.65. The number of carboxylic acid groups (broad SMARTS) is 1. The van der Waals surface area contributed by atoms with Gasteiger partial charge >= 0.3 is 5.97 Å². The van der Waals surface area contributed by atoms with Crippen LogP contribution < -0.4 is 16.2 Å². The second kappa shape index (κ2) is 12.7. The van der Waals surface area contributed by atoms with Gasteiger partial charge in [0.2, 0.25) is 5.91 Å². The molecule has 1 aliphatic heterocycles. The third-order valence-corrected chi connectivity index (χ3v) is 6.46. The van der Waals surface area contributed by atoms with Gasteiger partial charge in [0.25, 0.3) is 11.5 Å². The molecule has 3 N–H and O–H groups in total. The number of nitrogens with one attached hydrogen (secondary N) is 2. The molecule has 1 aromatic carbocycles. The maximum absolute atomic E-state index is 13.0. The van der Waals surface area contributed by atoms with E-state index in [-0.39, 0.29) is 24.4 Å². The minimum atomic E-state index is -1.23. The predicted octanol–water partition coefficient (Wildman–Crippen LogP) is 3.12. The van der Waals surface area contributed by atoms with Gasteiger partial charge in [0.1, 0.15) is 22.4 Å². The average molecular weight is 555 g/mol. The zero-order valence-electron chi connectivity index (χ0n) is 19.6. The summed E-state index contributed by atoms with van der Waals surface area (Å²) in [5, 5.41) is 15.1. The van der Waals surface area contributed by atoms with Gasteiger partial charge in [-0.05, 0) is 42.7 Å². The van der Waals surface area contributed by atoms with Crippen molar-refractivity contribution in [2.75, 3.05) is 6.54 Å². The Morgan fingerprint density at radius 2 is 1.86 bits per heavy atom. The molecule has 0 fully saturated rings. The molecule has 2 aromatic rings. The van der Waals surface area contributed by atoms with Gasteiger partial charge in [-0.15, -0.1) is 0 Å². The molecule has 1 aliphatic rings. The Morgan fingerprint density at radius 3 is 2.56 bits per heavy atom. The van der Waals surface area contributed by atoms with E-state index in [2.05, 4.69) is 26.6 Å². The minimum absolute atomic E-state index is 0.0654. The molecule has 0 aliphatic carbocycles. The number of carboxylic acids is 1. The molecule has 36 heavy (non-hydrogen) atoms. The molecule has 2 atom stereocenters. The number of rotatable bonds is 10. The number of halogens is 1. The zero-order chi connectivity index (χ0) is 26.1. The first kappa shape index (κ1) is 26.7. The zero-order valence-corrected chi connectivity index (χ0v) is 21.2. The number of aliphatic carboxylic acids is 1. The molecule has 0 saturated heterocycles. The van der Waals surface area contributed by atoms with Crippen molar-refractivity contribution < 1.29 is 19.5 Å². The Balaban J connectivity index is 1.68. The third-order valence-electron chi connectivity index (χ3n) is 5.49. The lowest BCUT2D eigenvalue weighted by atomic mass is 10.1. The van der Waals surface area contributed by atoms with Gasteiger partial charge in [-0.3, -0.25) is 23.9 Å². The third kappa shape index (κ3) is 6.82. The fourth-order valence-electron chi connectivity index (χ4n) is 3.64. The maximum atomic E-state index is 13.0. The second-order valence-corrected chi connectivity index (χ2v) is 8.87. The molecule has 10 heteroatoms. The predicted molar refractivity (Wildman–Crippen MR) is 139 cm³/mol. The lowest BCUT2D eigenvalue weighted by Gasteiger charge is -2.24. The van der Waals surface area contributed by atoms with Crippen LogP contribution in [0.15, 0.2) is 89.8 Å². The highest BCUT2D eigenvalue weighted by atomic mass is 79.9. The van der Waals surface area contributed by atoms with Gasteiger partial charge in [0.15, 0.2) is 0 Å². The number of benzene rings is 1. The summed E-state index contributed by atoms with van der Waals surface area (Å²) in [6.45, 7) is 1.67. The van der Waals surface area contributed by atoms with E-state index in [1.165, 1.54) is 22.5 Å². The molecule has 1 unspecified atom stereocenters. The summed E-state index contributed by atoms with van der Waals surface area (Å²) in [6.07, 6.45) is 10.7. The molecule has 0 radical (unpaired) electrons. The van der Waals surface area contributed by atoms with Crippen molar-refractivity contribution in [2.24, 2.45) is 0 Å². The molecule has 0 saturated carbocycles. The molecule has 2 amide bonds. The van der Waals surface area contributed by atoms with Crippen molar-refractivity contribution in [3.05, 3.63) is 106 Å². The molecule has 9 nitrogen and oxygen atoms in total. The molecule has 2 heterocycles. The lowest BCUT2D eigenvalue weighted by molar-refractivity contribution is -0.139. The first-order valence-electron chi connectivity index (χ1n) is 11.3. The summed E-state index contributed by atoms with van der Waals surface area (Å²) in [4.78, 5) is 50.9. The molecule has 1 aromatic heterocycles. The number of allylic oxidation sites excluding steroid dienone is 4. The van der Waals surface area contributed by atoms with Crippen LogP contribution in [-0.4, -0.2) is 44.9 Å². The van der Waals surface area contributed by atoms with Crippen molar-refractivity contribution in [2.45, 2.75) is 30.8 Å². The van der Waals surface area contributed by atoms with Gasteiger partial charge in [0.05, 0.1) is 0 Å². The molecule has 3 rings (SSSR count). The highest BCUT2D eigenvalue weighted by Gasteiger charge is 2.24. The van der Waals surface area contributed by atoms with E-state index in [0.29, 0.717) is 12.2 Å². The highest BCUT2D eigenvalue weighted by Crippen LogP contribution is 2.23. The Labute approximate surface area is 216 Å². The van der Waals surface area contributed by atoms with Gasteiger partial charge in [-0.1, -0.05) is 58.4 Å². The summed E-state index contributed by atoms with van der Waals surface area (Å²) in [5.41, 5.74) is 0.0980. The topological polar surface area (TPSA) is 121 Å². The Morgan fingerprint density at radius 1 is 1.11 bits per heavy atom. The Kier molecular flexibility index (Phi) is 9.40. The van der Waals surface area contributed by atoms with E-state index < -0.39 is 28.4 Å². The van der Waals surface area contributed by atoms with E-state index in [1.54, 1.807) is 36.7 Å². The first-order valence-corrected chi connectivity index (χ1v) is 12.2. The van der Waals surface area contributed by atoms with Crippen LogP contribution in [0.4, 0.5) is 0 Å². The van der Waals surface area contributed by atoms with Crippen LogP contribution in [0.25, 0.3) is 0 Å². The smallest absolute Gasteiger partial charge is 0.326 e. The van der Waals surface area contributed by atoms with Crippen molar-refractivity contribution in [3.63, 3.8) is 0 Å². The Bertz CT molecular complexity index is 1250. The van der Waals surface area contributed by atoms with Crippen LogP contribution in [0, 0.1) is 0 Å². The number of nitrogens with zero attached hydrogens (tertiary/aromatic N) is 2. The van der Waals surface area contributed by atoms with Gasteiger partial charge in [0, 0.05) is 25.9 Å². The van der Waals surface area contributed by atoms with Crippen molar-refractivity contribution in [1.29, 1.82) is 0 Å². The number of alkyl halides is 1. The minimum Gasteiger partial charge on any atom is -0.480 e. The highest BCUT2D eigenvalue weighted by molar-refractivity contribution is 9.09. The first-order chi connectivity index (χ1) is 17.3. The van der Waals surface area contributed by atoms with E-state index >= 15 is 0 Å². The molecule has 0 bridgehead atoms. The fourth-order valence-corrected chi connectivity index (χ4v) is 4.27. The normalized spacial score (nSPS) is 14.1. The van der Waals surface area contributed by atoms with Crippen LogP contribution in [0.2, 0.25) is 0 Å². The average Bonchev–Trinajstić information content (AvgIpc) is 3.15. The monoisotopic (exact) mass is 554 g/mol. The SMILES string of the molecule is CC(=O)N(CCC[C@H](NC(=O)c1cccn(C(Br)c2ccccc2)c1=O)C(=O)O)C1=CC=CC=CN1. The number of hydrogen-bond acceptors (Lipinski definition) is 5. The summed E-state index contributed by atoms with van der Waals surface area (Å²) >= 11 is 3.49. The standard InChI is InChI=1S/C26H27BrN4O5/c1-18(32)30(22-14-6-3-7-15-28-22)16-9-13-21(26(35)36)29-24(33)20-12-8-17-31(25(20)34)23(27)19-10-4-2-5-11-19/h2-8,10-12,14-15,17,21,23,28H,9,13,16H2,1H3,(H,29,33)(H,35,36)/t21-,23?/m0/s1. The number of hydrogen-bond donors (Lipinski definition) is 3. The van der Waals surface area contributed by atoms with Gasteiger partial charge in [-0.25, -0.2) is 4.79 Å². The van der Waals surface area contributed by atoms with E-state index in [1.807, 2.05) is 36.4 Å². The molecule has 188 valence electrons. The van der Waals surface area contributed by atoms with Crippen LogP contribution in [0.1, 0.15) is 40.6 Å². The van der Waals surface area contributed by atoms with Crippen LogP contribution >= 0.6 is 15.9 Å². The fraction of sp³-hybridized carbons (Fsp3) is 0.231. The van der Waals surface area contributed by atoms with Crippen molar-refractivity contribution >= 4 is 33.7 Å². The number of amides is 2. The summed E-state index contributed by atoms with van der Waals surface area (Å²) in [6, 6.07) is 10.9. The van der Waals surface area contributed by atoms with E-state index in [9.17, 15) is 24.3 Å². The second-order valence-electron chi connectivity index (χ2n) is 8.00. The molecular formula is C26H27BrN4O5.